The van der Waals surface area contributed by atoms with E-state index in [1.165, 1.54) is 67.1 Å². The third-order valence-electron chi connectivity index (χ3n) is 8.13. The molecule has 0 unspecified atom stereocenters. The van der Waals surface area contributed by atoms with E-state index in [-0.39, 0.29) is 17.0 Å². The highest BCUT2D eigenvalue weighted by Gasteiger charge is 2.51. The van der Waals surface area contributed by atoms with Crippen molar-refractivity contribution >= 4 is 39.2 Å². The lowest BCUT2D eigenvalue weighted by atomic mass is 9.53. The molecule has 1 N–H and O–H groups in total. The Hall–Kier alpha value is -1.34. The summed E-state index contributed by atoms with van der Waals surface area (Å²) in [5, 5.41) is 4.98. The smallest absolute Gasteiger partial charge is 0.263 e. The lowest BCUT2D eigenvalue weighted by Gasteiger charge is -2.56. The van der Waals surface area contributed by atoms with Crippen molar-refractivity contribution in [2.24, 2.45) is 17.8 Å². The molecule has 7 heteroatoms. The van der Waals surface area contributed by atoms with Crippen molar-refractivity contribution in [1.29, 1.82) is 0 Å². The number of aromatic nitrogens is 2. The van der Waals surface area contributed by atoms with E-state index in [4.69, 9.17) is 4.98 Å². The fraction of sp³-hybridized carbons (Fsp3) is 0.708. The molecule has 0 radical (unpaired) electrons. The van der Waals surface area contributed by atoms with Crippen LogP contribution in [0.5, 0.6) is 0 Å². The number of hydrogen-bond donors (Lipinski definition) is 1. The first kappa shape index (κ1) is 20.3. The standard InChI is InChI=1S/C24H31N3O2S2/c1-2-27-22(29)20-17-5-3-4-6-18(17)31-21(20)25-23(27)30-13-19(28)26-24-10-14-7-15(11-24)9-16(8-14)12-24/h14-16H,2-13H2,1H3,(H,26,28). The second-order valence-corrected chi connectivity index (χ2v) is 12.4. The number of nitrogens with one attached hydrogen (secondary N) is 1. The summed E-state index contributed by atoms with van der Waals surface area (Å²) >= 11 is 3.12. The first-order chi connectivity index (χ1) is 15.0. The monoisotopic (exact) mass is 457 g/mol. The molecule has 0 aliphatic heterocycles. The normalized spacial score (nSPS) is 31.2. The van der Waals surface area contributed by atoms with Crippen LogP contribution in [0.15, 0.2) is 9.95 Å². The highest BCUT2D eigenvalue weighted by molar-refractivity contribution is 7.99. The van der Waals surface area contributed by atoms with Crippen LogP contribution in [0.1, 0.15) is 68.7 Å². The van der Waals surface area contributed by atoms with Gasteiger partial charge in [0.1, 0.15) is 4.83 Å². The molecule has 5 aliphatic carbocycles. The zero-order chi connectivity index (χ0) is 21.2. The molecule has 2 aromatic rings. The average Bonchev–Trinajstić information content (AvgIpc) is 3.09. The third kappa shape index (κ3) is 3.47. The van der Waals surface area contributed by atoms with Crippen molar-refractivity contribution in [1.82, 2.24) is 14.9 Å². The summed E-state index contributed by atoms with van der Waals surface area (Å²) in [6.45, 7) is 2.58. The fourth-order valence-corrected chi connectivity index (χ4v) is 9.50. The maximum atomic E-state index is 13.3. The van der Waals surface area contributed by atoms with Crippen LogP contribution in [0.2, 0.25) is 0 Å². The Morgan fingerprint density at radius 1 is 1.16 bits per heavy atom. The van der Waals surface area contributed by atoms with Gasteiger partial charge in [0, 0.05) is 17.0 Å². The number of carbonyl (C=O) groups excluding carboxylic acids is 1. The molecule has 0 aromatic carbocycles. The third-order valence-corrected chi connectivity index (χ3v) is 10.3. The number of amides is 1. The topological polar surface area (TPSA) is 64.0 Å². The number of nitrogens with zero attached hydrogens (tertiary/aromatic N) is 2. The van der Waals surface area contributed by atoms with Crippen LogP contribution in [-0.4, -0.2) is 26.8 Å². The second-order valence-electron chi connectivity index (χ2n) is 10.4. The van der Waals surface area contributed by atoms with Gasteiger partial charge in [0.25, 0.3) is 5.56 Å². The van der Waals surface area contributed by atoms with Gasteiger partial charge in [-0.2, -0.15) is 0 Å². The van der Waals surface area contributed by atoms with E-state index in [2.05, 4.69) is 5.32 Å². The van der Waals surface area contributed by atoms with Gasteiger partial charge >= 0.3 is 0 Å². The molecular weight excluding hydrogens is 426 g/mol. The molecule has 0 atom stereocenters. The summed E-state index contributed by atoms with van der Waals surface area (Å²) in [5.74, 6) is 2.90. The number of rotatable bonds is 5. The molecule has 5 nitrogen and oxygen atoms in total. The molecule has 0 spiro atoms. The van der Waals surface area contributed by atoms with Gasteiger partial charge in [-0.15, -0.1) is 11.3 Å². The Morgan fingerprint density at radius 3 is 2.52 bits per heavy atom. The largest absolute Gasteiger partial charge is 0.350 e. The summed E-state index contributed by atoms with van der Waals surface area (Å²) in [6, 6.07) is 0. The van der Waals surface area contributed by atoms with E-state index in [1.807, 2.05) is 6.92 Å². The molecule has 5 aliphatic rings. The maximum absolute atomic E-state index is 13.3. The Balaban J connectivity index is 1.21. The van der Waals surface area contributed by atoms with E-state index in [9.17, 15) is 9.59 Å². The number of fused-ring (bicyclic) bond motifs is 3. The van der Waals surface area contributed by atoms with Gasteiger partial charge in [-0.25, -0.2) is 4.98 Å². The second kappa shape index (κ2) is 7.62. The Morgan fingerprint density at radius 2 is 1.84 bits per heavy atom. The van der Waals surface area contributed by atoms with Gasteiger partial charge < -0.3 is 5.32 Å². The van der Waals surface area contributed by atoms with Gasteiger partial charge in [0.05, 0.1) is 11.1 Å². The van der Waals surface area contributed by atoms with E-state index >= 15 is 0 Å². The van der Waals surface area contributed by atoms with Crippen LogP contribution in [0.4, 0.5) is 0 Å². The predicted octanol–water partition coefficient (Wildman–Crippen LogP) is 4.53. The van der Waals surface area contributed by atoms with Crippen LogP contribution in [0.25, 0.3) is 10.2 Å². The summed E-state index contributed by atoms with van der Waals surface area (Å²) in [6.07, 6.45) is 12.1. The molecular formula is C24H31N3O2S2. The molecule has 4 saturated carbocycles. The predicted molar refractivity (Wildman–Crippen MR) is 126 cm³/mol. The van der Waals surface area contributed by atoms with E-state index < -0.39 is 0 Å². The van der Waals surface area contributed by atoms with E-state index in [1.54, 1.807) is 15.9 Å². The molecule has 2 heterocycles. The first-order valence-corrected chi connectivity index (χ1v) is 13.8. The number of thiophene rings is 1. The molecule has 1 amide bonds. The quantitative estimate of drug-likeness (QED) is 0.529. The molecule has 4 fully saturated rings. The minimum atomic E-state index is 0.0427. The molecule has 31 heavy (non-hydrogen) atoms. The van der Waals surface area contributed by atoms with Crippen LogP contribution in [0, 0.1) is 17.8 Å². The van der Waals surface area contributed by atoms with Crippen molar-refractivity contribution in [2.45, 2.75) is 88.4 Å². The summed E-state index contributed by atoms with van der Waals surface area (Å²) in [7, 11) is 0. The van der Waals surface area contributed by atoms with Gasteiger partial charge in [-0.3, -0.25) is 14.2 Å². The number of aryl methyl sites for hydroxylation is 2. The molecule has 0 saturated heterocycles. The fourth-order valence-electron chi connectivity index (χ4n) is 7.33. The van der Waals surface area contributed by atoms with E-state index in [0.29, 0.717) is 17.5 Å². The Labute approximate surface area is 191 Å². The molecule has 4 bridgehead atoms. The van der Waals surface area contributed by atoms with Gasteiger partial charge in [0.2, 0.25) is 5.91 Å². The van der Waals surface area contributed by atoms with Crippen molar-refractivity contribution in [3.05, 3.63) is 20.8 Å². The number of carbonyl (C=O) groups is 1. The number of thioether (sulfide) groups is 1. The minimum absolute atomic E-state index is 0.0427. The molecule has 7 rings (SSSR count). The zero-order valence-electron chi connectivity index (χ0n) is 18.2. The first-order valence-electron chi connectivity index (χ1n) is 12.0. The van der Waals surface area contributed by atoms with Gasteiger partial charge in [0.15, 0.2) is 5.16 Å². The lowest BCUT2D eigenvalue weighted by Crippen LogP contribution is -2.60. The Kier molecular flexibility index (Phi) is 4.98. The van der Waals surface area contributed by atoms with Crippen LogP contribution >= 0.6 is 23.1 Å². The lowest BCUT2D eigenvalue weighted by molar-refractivity contribution is -0.124. The maximum Gasteiger partial charge on any atom is 0.263 e. The summed E-state index contributed by atoms with van der Waals surface area (Å²) in [5.41, 5.74) is 1.36. The van der Waals surface area contributed by atoms with Gasteiger partial charge in [-0.1, -0.05) is 11.8 Å². The summed E-state index contributed by atoms with van der Waals surface area (Å²) < 4.78 is 1.77. The van der Waals surface area contributed by atoms with Gasteiger partial charge in [-0.05, 0) is 94.4 Å². The SMILES string of the molecule is CCn1c(SCC(=O)NC23CC4CC(CC(C4)C2)C3)nc2sc3c(c2c1=O)CCCC3. The van der Waals surface area contributed by atoms with Crippen molar-refractivity contribution in [3.63, 3.8) is 0 Å². The van der Waals surface area contributed by atoms with E-state index in [0.717, 1.165) is 47.2 Å². The number of hydrogen-bond acceptors (Lipinski definition) is 5. The van der Waals surface area contributed by atoms with Crippen molar-refractivity contribution in [3.8, 4) is 0 Å². The molecule has 166 valence electrons. The van der Waals surface area contributed by atoms with Crippen LogP contribution < -0.4 is 10.9 Å². The molecule has 2 aromatic heterocycles. The highest BCUT2D eigenvalue weighted by atomic mass is 32.2. The van der Waals surface area contributed by atoms with Crippen LogP contribution in [0.3, 0.4) is 0 Å². The minimum Gasteiger partial charge on any atom is -0.350 e. The zero-order valence-corrected chi connectivity index (χ0v) is 19.9. The average molecular weight is 458 g/mol. The Bertz CT molecular complexity index is 1070. The van der Waals surface area contributed by atoms with Crippen molar-refractivity contribution < 1.29 is 4.79 Å². The highest BCUT2D eigenvalue weighted by Crippen LogP contribution is 2.55. The summed E-state index contributed by atoms with van der Waals surface area (Å²) in [4.78, 5) is 33.3. The van der Waals surface area contributed by atoms with Crippen molar-refractivity contribution in [2.75, 3.05) is 5.75 Å². The van der Waals surface area contributed by atoms with Crippen LogP contribution in [-0.2, 0) is 24.2 Å².